The van der Waals surface area contributed by atoms with Gasteiger partial charge in [-0.05, 0) is 34.6 Å². The molecule has 2 heterocycles. The monoisotopic (exact) mass is 332 g/mol. The summed E-state index contributed by atoms with van der Waals surface area (Å²) in [6.45, 7) is 1.12. The van der Waals surface area contributed by atoms with Gasteiger partial charge in [-0.15, -0.1) is 0 Å². The molecule has 1 aliphatic heterocycles. The normalized spacial score (nSPS) is 17.2. The van der Waals surface area contributed by atoms with Gasteiger partial charge in [0.1, 0.15) is 0 Å². The van der Waals surface area contributed by atoms with Crippen LogP contribution >= 0.6 is 0 Å². The Bertz CT molecular complexity index is 917. The van der Waals surface area contributed by atoms with E-state index in [0.29, 0.717) is 25.9 Å². The summed E-state index contributed by atoms with van der Waals surface area (Å²) in [6, 6.07) is 15.8. The van der Waals surface area contributed by atoms with E-state index >= 15 is 0 Å². The molecule has 1 atom stereocenters. The Kier molecular flexibility index (Phi) is 4.20. The molecule has 0 aliphatic carbocycles. The van der Waals surface area contributed by atoms with Crippen molar-refractivity contribution in [2.75, 3.05) is 6.54 Å². The van der Waals surface area contributed by atoms with Gasteiger partial charge >= 0.3 is 0 Å². The first-order valence-electron chi connectivity index (χ1n) is 8.57. The second-order valence-corrected chi connectivity index (χ2v) is 6.51. The van der Waals surface area contributed by atoms with Crippen LogP contribution in [0.3, 0.4) is 0 Å². The molecule has 126 valence electrons. The summed E-state index contributed by atoms with van der Waals surface area (Å²) in [5.74, 6) is 0.0836. The van der Waals surface area contributed by atoms with Crippen LogP contribution in [0.2, 0.25) is 0 Å². The van der Waals surface area contributed by atoms with Gasteiger partial charge in [-0.25, -0.2) is 0 Å². The Morgan fingerprint density at radius 2 is 2.04 bits per heavy atom. The Labute approximate surface area is 146 Å². The minimum Gasteiger partial charge on any atom is -0.388 e. The third-order valence-electron chi connectivity index (χ3n) is 4.92. The number of carbonyl (C=O) groups is 1. The molecular weight excluding hydrogens is 312 g/mol. The van der Waals surface area contributed by atoms with Gasteiger partial charge in [0.05, 0.1) is 12.5 Å². The number of rotatable bonds is 2. The highest BCUT2D eigenvalue weighted by Gasteiger charge is 2.23. The summed E-state index contributed by atoms with van der Waals surface area (Å²) in [5, 5.41) is 12.4. The van der Waals surface area contributed by atoms with Gasteiger partial charge in [0, 0.05) is 30.9 Å². The van der Waals surface area contributed by atoms with E-state index in [4.69, 9.17) is 0 Å². The van der Waals surface area contributed by atoms with Gasteiger partial charge in [0.25, 0.3) is 0 Å². The first-order valence-corrected chi connectivity index (χ1v) is 8.57. The fraction of sp³-hybridized carbons (Fsp3) is 0.238. The minimum absolute atomic E-state index is 0.0836. The molecule has 0 radical (unpaired) electrons. The zero-order chi connectivity index (χ0) is 17.2. The standard InChI is InChI=1S/C21H20N2O2/c24-20-9-11-23(14-17-4-1-2-7-18(17)20)21(25)12-16-6-3-5-15-8-10-22-13-19(15)16/h1-8,10,13,20,24H,9,11-12,14H2. The Morgan fingerprint density at radius 1 is 1.16 bits per heavy atom. The van der Waals surface area contributed by atoms with Crippen molar-refractivity contribution in [3.63, 3.8) is 0 Å². The highest BCUT2D eigenvalue weighted by molar-refractivity contribution is 5.89. The predicted octanol–water partition coefficient (Wildman–Crippen LogP) is 3.24. The second kappa shape index (κ2) is 6.65. The van der Waals surface area contributed by atoms with Crippen molar-refractivity contribution < 1.29 is 9.90 Å². The zero-order valence-electron chi connectivity index (χ0n) is 13.9. The maximum absolute atomic E-state index is 12.9. The number of carbonyl (C=O) groups excluding carboxylic acids is 1. The second-order valence-electron chi connectivity index (χ2n) is 6.51. The van der Waals surface area contributed by atoms with Crippen molar-refractivity contribution in [2.45, 2.75) is 25.5 Å². The SMILES string of the molecule is O=C(Cc1cccc2ccncc12)N1CCC(O)c2ccccc2C1. The first-order chi connectivity index (χ1) is 12.2. The van der Waals surface area contributed by atoms with Crippen LogP contribution in [0, 0.1) is 0 Å². The molecular formula is C21H20N2O2. The van der Waals surface area contributed by atoms with Crippen LogP contribution < -0.4 is 0 Å². The molecule has 1 amide bonds. The highest BCUT2D eigenvalue weighted by Crippen LogP contribution is 2.27. The fourth-order valence-electron chi connectivity index (χ4n) is 3.54. The van der Waals surface area contributed by atoms with Crippen LogP contribution in [-0.4, -0.2) is 27.4 Å². The van der Waals surface area contributed by atoms with Crippen molar-refractivity contribution in [3.8, 4) is 0 Å². The number of amides is 1. The average molecular weight is 332 g/mol. The first kappa shape index (κ1) is 15.8. The lowest BCUT2D eigenvalue weighted by Gasteiger charge is -2.21. The van der Waals surface area contributed by atoms with E-state index in [1.165, 1.54) is 0 Å². The van der Waals surface area contributed by atoms with Crippen molar-refractivity contribution in [2.24, 2.45) is 0 Å². The molecule has 4 nitrogen and oxygen atoms in total. The van der Waals surface area contributed by atoms with E-state index in [-0.39, 0.29) is 5.91 Å². The summed E-state index contributed by atoms with van der Waals surface area (Å²) < 4.78 is 0. The topological polar surface area (TPSA) is 53.4 Å². The maximum Gasteiger partial charge on any atom is 0.227 e. The van der Waals surface area contributed by atoms with Crippen molar-refractivity contribution in [1.29, 1.82) is 0 Å². The summed E-state index contributed by atoms with van der Waals surface area (Å²) in [4.78, 5) is 18.9. The molecule has 1 aromatic heterocycles. The predicted molar refractivity (Wildman–Crippen MR) is 96.9 cm³/mol. The summed E-state index contributed by atoms with van der Waals surface area (Å²) in [7, 11) is 0. The van der Waals surface area contributed by atoms with Gasteiger partial charge in [0.15, 0.2) is 0 Å². The molecule has 4 heteroatoms. The van der Waals surface area contributed by atoms with E-state index in [9.17, 15) is 9.90 Å². The van der Waals surface area contributed by atoms with Gasteiger partial charge in [0.2, 0.25) is 5.91 Å². The van der Waals surface area contributed by atoms with Crippen molar-refractivity contribution in [3.05, 3.63) is 77.6 Å². The third-order valence-corrected chi connectivity index (χ3v) is 4.92. The maximum atomic E-state index is 12.9. The van der Waals surface area contributed by atoms with Crippen LogP contribution in [0.15, 0.2) is 60.9 Å². The summed E-state index contributed by atoms with van der Waals surface area (Å²) >= 11 is 0. The number of nitrogens with zero attached hydrogens (tertiary/aromatic N) is 2. The fourth-order valence-corrected chi connectivity index (χ4v) is 3.54. The van der Waals surface area contributed by atoms with Crippen LogP contribution in [0.4, 0.5) is 0 Å². The average Bonchev–Trinajstić information content (AvgIpc) is 2.82. The van der Waals surface area contributed by atoms with E-state index in [1.54, 1.807) is 6.20 Å². The molecule has 0 fully saturated rings. The van der Waals surface area contributed by atoms with E-state index in [1.807, 2.05) is 59.6 Å². The van der Waals surface area contributed by atoms with Crippen LogP contribution in [0.25, 0.3) is 10.8 Å². The van der Waals surface area contributed by atoms with Crippen LogP contribution in [-0.2, 0) is 17.8 Å². The van der Waals surface area contributed by atoms with Gasteiger partial charge in [-0.1, -0.05) is 42.5 Å². The van der Waals surface area contributed by atoms with E-state index in [0.717, 1.165) is 27.5 Å². The number of aliphatic hydroxyl groups is 1. The van der Waals surface area contributed by atoms with E-state index < -0.39 is 6.10 Å². The van der Waals surface area contributed by atoms with Gasteiger partial charge in [-0.2, -0.15) is 0 Å². The smallest absolute Gasteiger partial charge is 0.227 e. The lowest BCUT2D eigenvalue weighted by molar-refractivity contribution is -0.131. The largest absolute Gasteiger partial charge is 0.388 e. The van der Waals surface area contributed by atoms with E-state index in [2.05, 4.69) is 4.98 Å². The molecule has 0 spiro atoms. The Morgan fingerprint density at radius 3 is 2.96 bits per heavy atom. The molecule has 3 aromatic rings. The number of aromatic nitrogens is 1. The zero-order valence-corrected chi connectivity index (χ0v) is 13.9. The number of hydrogen-bond donors (Lipinski definition) is 1. The van der Waals surface area contributed by atoms with Crippen LogP contribution in [0.5, 0.6) is 0 Å². The number of fused-ring (bicyclic) bond motifs is 2. The quantitative estimate of drug-likeness (QED) is 0.784. The van der Waals surface area contributed by atoms with Crippen LogP contribution in [0.1, 0.15) is 29.2 Å². The molecule has 0 bridgehead atoms. The van der Waals surface area contributed by atoms with Crippen molar-refractivity contribution in [1.82, 2.24) is 9.88 Å². The van der Waals surface area contributed by atoms with Gasteiger partial charge < -0.3 is 10.0 Å². The molecule has 1 aliphatic rings. The van der Waals surface area contributed by atoms with Gasteiger partial charge in [-0.3, -0.25) is 9.78 Å². The number of hydrogen-bond acceptors (Lipinski definition) is 3. The molecule has 1 unspecified atom stereocenters. The Balaban J connectivity index is 1.59. The third kappa shape index (κ3) is 3.13. The molecule has 0 saturated carbocycles. The minimum atomic E-state index is -0.504. The van der Waals surface area contributed by atoms with Crippen molar-refractivity contribution >= 4 is 16.7 Å². The number of benzene rings is 2. The molecule has 4 rings (SSSR count). The number of aliphatic hydroxyl groups excluding tert-OH is 1. The molecule has 0 saturated heterocycles. The summed E-state index contributed by atoms with van der Waals surface area (Å²) in [6.07, 6.45) is 4.00. The molecule has 2 aromatic carbocycles. The lowest BCUT2D eigenvalue weighted by Crippen LogP contribution is -2.32. The highest BCUT2D eigenvalue weighted by atomic mass is 16.3. The number of pyridine rings is 1. The summed E-state index contributed by atoms with van der Waals surface area (Å²) in [5.41, 5.74) is 2.96. The molecule has 1 N–H and O–H groups in total. The lowest BCUT2D eigenvalue weighted by atomic mass is 10.0. The molecule has 25 heavy (non-hydrogen) atoms. The Hall–Kier alpha value is -2.72.